The zero-order valence-electron chi connectivity index (χ0n) is 10.5. The summed E-state index contributed by atoms with van der Waals surface area (Å²) in [6.45, 7) is 7.02. The minimum atomic E-state index is -0.132. The Labute approximate surface area is 98.6 Å². The van der Waals surface area contributed by atoms with Gasteiger partial charge in [0.25, 0.3) is 5.91 Å². The molecule has 1 saturated heterocycles. The van der Waals surface area contributed by atoms with Crippen molar-refractivity contribution in [2.45, 2.75) is 26.7 Å². The molecule has 0 bridgehead atoms. The number of carbonyl (C=O) groups excluding carboxylic acids is 1. The van der Waals surface area contributed by atoms with E-state index in [2.05, 4.69) is 29.1 Å². The molecular formula is C13H22N2O. The van der Waals surface area contributed by atoms with Gasteiger partial charge in [0.1, 0.15) is 0 Å². The molecule has 0 unspecified atom stereocenters. The number of likely N-dealkylation sites (tertiary alicyclic amines) is 1. The fourth-order valence-electron chi connectivity index (χ4n) is 1.76. The summed E-state index contributed by atoms with van der Waals surface area (Å²) >= 11 is 0. The van der Waals surface area contributed by atoms with Crippen LogP contribution in [0.3, 0.4) is 0 Å². The van der Waals surface area contributed by atoms with Crippen molar-refractivity contribution >= 4 is 5.91 Å². The summed E-state index contributed by atoms with van der Waals surface area (Å²) in [7, 11) is 2.14. The summed E-state index contributed by atoms with van der Waals surface area (Å²) in [6, 6.07) is 0. The lowest BCUT2D eigenvalue weighted by Crippen LogP contribution is -2.36. The number of carbonyl (C=O) groups is 1. The first-order valence-electron chi connectivity index (χ1n) is 6.06. The van der Waals surface area contributed by atoms with Gasteiger partial charge in [-0.1, -0.05) is 19.8 Å². The smallest absolute Gasteiger partial charge is 0.295 e. The van der Waals surface area contributed by atoms with E-state index in [0.717, 1.165) is 19.6 Å². The molecule has 0 aromatic carbocycles. The highest BCUT2D eigenvalue weighted by molar-refractivity contribution is 5.93. The van der Waals surface area contributed by atoms with Crippen LogP contribution in [0.15, 0.2) is 0 Å². The van der Waals surface area contributed by atoms with Crippen LogP contribution in [0.5, 0.6) is 0 Å². The van der Waals surface area contributed by atoms with E-state index in [4.69, 9.17) is 0 Å². The fourth-order valence-corrected chi connectivity index (χ4v) is 1.76. The molecule has 90 valence electrons. The summed E-state index contributed by atoms with van der Waals surface area (Å²) < 4.78 is 0. The maximum atomic E-state index is 11.4. The highest BCUT2D eigenvalue weighted by atomic mass is 16.1. The van der Waals surface area contributed by atoms with Crippen molar-refractivity contribution in [2.24, 2.45) is 11.8 Å². The maximum absolute atomic E-state index is 11.4. The highest BCUT2D eigenvalue weighted by Crippen LogP contribution is 2.14. The van der Waals surface area contributed by atoms with E-state index in [9.17, 15) is 4.79 Å². The van der Waals surface area contributed by atoms with Crippen molar-refractivity contribution in [1.82, 2.24) is 10.2 Å². The van der Waals surface area contributed by atoms with Crippen LogP contribution in [0.1, 0.15) is 26.7 Å². The molecule has 0 atom stereocenters. The molecule has 16 heavy (non-hydrogen) atoms. The van der Waals surface area contributed by atoms with Crippen molar-refractivity contribution < 1.29 is 4.79 Å². The summed E-state index contributed by atoms with van der Waals surface area (Å²) in [6.07, 6.45) is 2.35. The number of rotatable bonds is 2. The summed E-state index contributed by atoms with van der Waals surface area (Å²) in [5.74, 6) is 6.24. The minimum absolute atomic E-state index is 0.132. The molecule has 1 aliphatic rings. The molecule has 3 nitrogen and oxygen atoms in total. The van der Waals surface area contributed by atoms with Gasteiger partial charge >= 0.3 is 0 Å². The monoisotopic (exact) mass is 222 g/mol. The SMILES string of the molecule is CC(C)C#CC(=O)NCC1CCN(C)CC1. The first-order chi connectivity index (χ1) is 7.58. The Bertz CT molecular complexity index is 280. The zero-order valence-corrected chi connectivity index (χ0v) is 10.5. The van der Waals surface area contributed by atoms with Gasteiger partial charge in [0.05, 0.1) is 0 Å². The van der Waals surface area contributed by atoms with Crippen LogP contribution in [-0.2, 0) is 4.79 Å². The van der Waals surface area contributed by atoms with E-state index in [1.165, 1.54) is 12.8 Å². The molecule has 0 radical (unpaired) electrons. The number of amides is 1. The number of hydrogen-bond acceptors (Lipinski definition) is 2. The van der Waals surface area contributed by atoms with Crippen LogP contribution in [0.2, 0.25) is 0 Å². The van der Waals surface area contributed by atoms with Gasteiger partial charge in [0, 0.05) is 12.5 Å². The predicted octanol–water partition coefficient (Wildman–Crippen LogP) is 1.10. The lowest BCUT2D eigenvalue weighted by atomic mass is 9.97. The van der Waals surface area contributed by atoms with E-state index in [-0.39, 0.29) is 11.8 Å². The Kier molecular flexibility index (Phi) is 5.34. The molecule has 1 amide bonds. The second-order valence-electron chi connectivity index (χ2n) is 4.88. The highest BCUT2D eigenvalue weighted by Gasteiger charge is 2.16. The molecule has 1 rings (SSSR count). The molecular weight excluding hydrogens is 200 g/mol. The number of piperidine rings is 1. The molecule has 1 N–H and O–H groups in total. The molecule has 0 aromatic rings. The lowest BCUT2D eigenvalue weighted by Gasteiger charge is -2.28. The number of nitrogens with one attached hydrogen (secondary N) is 1. The third-order valence-corrected chi connectivity index (χ3v) is 2.86. The quantitative estimate of drug-likeness (QED) is 0.710. The van der Waals surface area contributed by atoms with E-state index < -0.39 is 0 Å². The first kappa shape index (κ1) is 13.1. The van der Waals surface area contributed by atoms with Crippen LogP contribution < -0.4 is 5.32 Å². The Morgan fingerprint density at radius 3 is 2.62 bits per heavy atom. The van der Waals surface area contributed by atoms with Crippen LogP contribution in [0.25, 0.3) is 0 Å². The maximum Gasteiger partial charge on any atom is 0.295 e. The van der Waals surface area contributed by atoms with Gasteiger partial charge in [-0.05, 0) is 44.8 Å². The Morgan fingerprint density at radius 2 is 2.06 bits per heavy atom. The molecule has 3 heteroatoms. The summed E-state index contributed by atoms with van der Waals surface area (Å²) in [5.41, 5.74) is 0. The minimum Gasteiger partial charge on any atom is -0.345 e. The van der Waals surface area contributed by atoms with Gasteiger partial charge < -0.3 is 10.2 Å². The molecule has 1 fully saturated rings. The van der Waals surface area contributed by atoms with Crippen molar-refractivity contribution in [3.63, 3.8) is 0 Å². The van der Waals surface area contributed by atoms with Crippen molar-refractivity contribution in [3.8, 4) is 11.8 Å². The zero-order chi connectivity index (χ0) is 12.0. The molecule has 1 aliphatic heterocycles. The lowest BCUT2D eigenvalue weighted by molar-refractivity contribution is -0.115. The summed E-state index contributed by atoms with van der Waals surface area (Å²) in [4.78, 5) is 13.7. The topological polar surface area (TPSA) is 32.3 Å². The van der Waals surface area contributed by atoms with E-state index >= 15 is 0 Å². The molecule has 0 aliphatic carbocycles. The van der Waals surface area contributed by atoms with Crippen LogP contribution in [0, 0.1) is 23.7 Å². The standard InChI is InChI=1S/C13H22N2O/c1-11(2)4-5-13(16)14-10-12-6-8-15(3)9-7-12/h11-12H,6-10H2,1-3H3,(H,14,16). The third-order valence-electron chi connectivity index (χ3n) is 2.86. The molecule has 0 spiro atoms. The number of hydrogen-bond donors (Lipinski definition) is 1. The van der Waals surface area contributed by atoms with Gasteiger partial charge in [-0.15, -0.1) is 0 Å². The van der Waals surface area contributed by atoms with E-state index in [0.29, 0.717) is 5.92 Å². The third kappa shape index (κ3) is 5.18. The van der Waals surface area contributed by atoms with Crippen molar-refractivity contribution in [3.05, 3.63) is 0 Å². The van der Waals surface area contributed by atoms with Gasteiger partial charge in [-0.2, -0.15) is 0 Å². The summed E-state index contributed by atoms with van der Waals surface area (Å²) in [5, 5.41) is 2.89. The second-order valence-corrected chi connectivity index (χ2v) is 4.88. The van der Waals surface area contributed by atoms with Crippen molar-refractivity contribution in [1.29, 1.82) is 0 Å². The fraction of sp³-hybridized carbons (Fsp3) is 0.769. The van der Waals surface area contributed by atoms with Gasteiger partial charge in [0.15, 0.2) is 0 Å². The van der Waals surface area contributed by atoms with Crippen molar-refractivity contribution in [2.75, 3.05) is 26.7 Å². The normalized spacial score (nSPS) is 18.0. The predicted molar refractivity (Wildman–Crippen MR) is 65.8 cm³/mol. The Morgan fingerprint density at radius 1 is 1.44 bits per heavy atom. The van der Waals surface area contributed by atoms with Gasteiger partial charge in [-0.3, -0.25) is 4.79 Å². The van der Waals surface area contributed by atoms with E-state index in [1.54, 1.807) is 0 Å². The Balaban J connectivity index is 2.20. The molecule has 0 aromatic heterocycles. The largest absolute Gasteiger partial charge is 0.345 e. The first-order valence-corrected chi connectivity index (χ1v) is 6.06. The molecule has 1 heterocycles. The van der Waals surface area contributed by atoms with Gasteiger partial charge in [-0.25, -0.2) is 0 Å². The van der Waals surface area contributed by atoms with Gasteiger partial charge in [0.2, 0.25) is 0 Å². The Hall–Kier alpha value is -1.01. The number of nitrogens with zero attached hydrogens (tertiary/aromatic N) is 1. The van der Waals surface area contributed by atoms with Crippen LogP contribution in [-0.4, -0.2) is 37.5 Å². The average molecular weight is 222 g/mol. The molecule has 0 saturated carbocycles. The second kappa shape index (κ2) is 6.55. The van der Waals surface area contributed by atoms with Crippen LogP contribution >= 0.6 is 0 Å². The average Bonchev–Trinajstić information content (AvgIpc) is 2.25. The van der Waals surface area contributed by atoms with E-state index in [1.807, 2.05) is 13.8 Å². The van der Waals surface area contributed by atoms with Crippen LogP contribution in [0.4, 0.5) is 0 Å².